The number of ether oxygens (including phenoxy) is 1. The topological polar surface area (TPSA) is 127 Å². The molecule has 0 saturated heterocycles. The monoisotopic (exact) mass is 344 g/mol. The van der Waals surface area contributed by atoms with Gasteiger partial charge in [-0.2, -0.15) is 8.42 Å². The summed E-state index contributed by atoms with van der Waals surface area (Å²) in [4.78, 5) is 20.2. The van der Waals surface area contributed by atoms with Gasteiger partial charge in [-0.05, 0) is 0 Å². The maximum Gasteiger partial charge on any atom is 1.00 e. The van der Waals surface area contributed by atoms with E-state index < -0.39 is 35.2 Å². The summed E-state index contributed by atoms with van der Waals surface area (Å²) >= 11 is 0. The molecule has 0 aliphatic heterocycles. The van der Waals surface area contributed by atoms with Gasteiger partial charge in [-0.15, -0.1) is 13.2 Å². The van der Waals surface area contributed by atoms with Crippen LogP contribution in [0.25, 0.3) is 0 Å². The molecule has 2 N–H and O–H groups in total. The first-order chi connectivity index (χ1) is 8.72. The Morgan fingerprint density at radius 3 is 1.81 bits per heavy atom. The molecule has 0 unspecified atom stereocenters. The van der Waals surface area contributed by atoms with Crippen molar-refractivity contribution in [3.05, 3.63) is 25.3 Å². The number of carboxylic acid groups (broad SMARTS) is 1. The number of rotatable bonds is 8. The summed E-state index contributed by atoms with van der Waals surface area (Å²) in [5.41, 5.74) is 0. The van der Waals surface area contributed by atoms with Crippen LogP contribution in [0.1, 0.15) is 15.7 Å². The normalized spacial score (nSPS) is 8.81. The molecule has 0 aliphatic carbocycles. The largest absolute Gasteiger partial charge is 1.00 e. The van der Waals surface area contributed by atoms with Gasteiger partial charge in [-0.1, -0.05) is 12.2 Å². The maximum absolute atomic E-state index is 10.3. The van der Waals surface area contributed by atoms with Gasteiger partial charge in [0.05, 0.1) is 26.1 Å². The van der Waals surface area contributed by atoms with Crippen LogP contribution in [0.15, 0.2) is 25.3 Å². The molecule has 0 aromatic rings. The molecule has 8 nitrogen and oxygen atoms in total. The molecule has 0 aliphatic rings. The zero-order chi connectivity index (χ0) is 15.3. The van der Waals surface area contributed by atoms with Gasteiger partial charge in [0, 0.05) is 0 Å². The predicted molar refractivity (Wildman–Crippen MR) is 67.9 cm³/mol. The zero-order valence-corrected chi connectivity index (χ0v) is 17.0. The van der Waals surface area contributed by atoms with E-state index >= 15 is 0 Å². The fraction of sp³-hybridized carbons (Fsp3) is 0.400. The van der Waals surface area contributed by atoms with Gasteiger partial charge >= 0.3 is 81.5 Å². The van der Waals surface area contributed by atoms with E-state index in [4.69, 9.17) is 14.4 Å². The van der Waals surface area contributed by atoms with Crippen LogP contribution in [0.3, 0.4) is 0 Å². The predicted octanol–water partition coefficient (Wildman–Crippen LogP) is -5.19. The van der Waals surface area contributed by atoms with Crippen molar-refractivity contribution in [3.8, 4) is 0 Å². The Hall–Kier alpha value is 0.290. The summed E-state index contributed by atoms with van der Waals surface area (Å²) < 4.78 is 35.9. The Balaban J connectivity index is -0.0000000584. The second-order valence-electron chi connectivity index (χ2n) is 2.89. The summed E-state index contributed by atoms with van der Waals surface area (Å²) in [5.74, 6) is -2.57. The van der Waals surface area contributed by atoms with E-state index in [1.807, 2.05) is 0 Å². The first-order valence-electron chi connectivity index (χ1n) is 4.94. The third kappa shape index (κ3) is 33.2. The van der Waals surface area contributed by atoms with Crippen LogP contribution >= 0.6 is 0 Å². The SMILES string of the molecule is C=CCOCC=C.O=C(O)CCC(=O)OS(=O)(=O)O.[H-].[H-].[Na+].[Na+]. The fourth-order valence-corrected chi connectivity index (χ4v) is 0.921. The molecule has 0 heterocycles. The van der Waals surface area contributed by atoms with E-state index in [0.717, 1.165) is 0 Å². The standard InChI is InChI=1S/C6H10O.C4H6O7S.2Na.2H/c1-3-5-7-6-4-2;5-3(6)1-2-4(7)11-12(8,9)10;;;;/h3-4H,1-2,5-6H2;1-2H2,(H,5,6)(H,8,9,10);;;;/q;;2*+1;2*-1. The van der Waals surface area contributed by atoms with Crippen LogP contribution in [-0.4, -0.2) is 43.2 Å². The average molecular weight is 344 g/mol. The molecule has 0 saturated carbocycles. The molecule has 21 heavy (non-hydrogen) atoms. The van der Waals surface area contributed by atoms with Crippen LogP contribution in [-0.2, 0) is 28.9 Å². The third-order valence-electron chi connectivity index (χ3n) is 1.21. The van der Waals surface area contributed by atoms with Crippen molar-refractivity contribution in [1.29, 1.82) is 0 Å². The molecule has 0 aromatic carbocycles. The fourth-order valence-electron chi connectivity index (χ4n) is 0.603. The summed E-state index contributed by atoms with van der Waals surface area (Å²) in [7, 11) is -4.81. The molecule has 0 rings (SSSR count). The van der Waals surface area contributed by atoms with Crippen molar-refractivity contribution >= 4 is 22.3 Å². The van der Waals surface area contributed by atoms with E-state index in [9.17, 15) is 18.0 Å². The third-order valence-corrected chi connectivity index (χ3v) is 1.61. The molecule has 11 heteroatoms. The number of carboxylic acids is 1. The number of carbonyl (C=O) groups is 2. The molecule has 0 spiro atoms. The molecule has 0 radical (unpaired) electrons. The Kier molecular flexibility index (Phi) is 25.6. The number of aliphatic carboxylic acids is 1. The first kappa shape index (κ1) is 29.3. The Morgan fingerprint density at radius 1 is 1.10 bits per heavy atom. The smallest absolute Gasteiger partial charge is 1.00 e. The summed E-state index contributed by atoms with van der Waals surface area (Å²) in [5, 5.41) is 8.04. The molecule has 0 atom stereocenters. The van der Waals surface area contributed by atoms with E-state index in [-0.39, 0.29) is 62.0 Å². The van der Waals surface area contributed by atoms with Gasteiger partial charge in [0.25, 0.3) is 0 Å². The molecule has 114 valence electrons. The van der Waals surface area contributed by atoms with Gasteiger partial charge in [0.1, 0.15) is 0 Å². The molecular weight excluding hydrogens is 326 g/mol. The second kappa shape index (κ2) is 18.3. The van der Waals surface area contributed by atoms with Crippen molar-refractivity contribution < 1.29 is 98.6 Å². The van der Waals surface area contributed by atoms with E-state index in [1.54, 1.807) is 12.2 Å². The Bertz CT molecular complexity index is 409. The quantitative estimate of drug-likeness (QED) is 0.194. The minimum absolute atomic E-state index is 0. The summed E-state index contributed by atoms with van der Waals surface area (Å²) in [6.45, 7) is 8.18. The second-order valence-corrected chi connectivity index (χ2v) is 3.91. The molecular formula is C10H18Na2O8S. The minimum atomic E-state index is -4.81. The van der Waals surface area contributed by atoms with Gasteiger partial charge in [0.2, 0.25) is 0 Å². The first-order valence-corrected chi connectivity index (χ1v) is 6.30. The van der Waals surface area contributed by atoms with Crippen molar-refractivity contribution in [3.63, 3.8) is 0 Å². The molecule has 0 fully saturated rings. The Morgan fingerprint density at radius 2 is 1.52 bits per heavy atom. The van der Waals surface area contributed by atoms with E-state index in [2.05, 4.69) is 17.3 Å². The Labute approximate surface area is 171 Å². The van der Waals surface area contributed by atoms with Gasteiger partial charge in [0.15, 0.2) is 0 Å². The van der Waals surface area contributed by atoms with Crippen LogP contribution in [0.5, 0.6) is 0 Å². The molecule has 0 amide bonds. The van der Waals surface area contributed by atoms with Crippen LogP contribution in [0, 0.1) is 0 Å². The summed E-state index contributed by atoms with van der Waals surface area (Å²) in [6, 6.07) is 0. The average Bonchev–Trinajstić information content (AvgIpc) is 2.26. The van der Waals surface area contributed by atoms with Gasteiger partial charge < -0.3 is 16.9 Å². The van der Waals surface area contributed by atoms with Crippen molar-refractivity contribution in [2.24, 2.45) is 0 Å². The number of carbonyl (C=O) groups excluding carboxylic acids is 1. The number of hydrogen-bond acceptors (Lipinski definition) is 6. The van der Waals surface area contributed by atoms with E-state index in [0.29, 0.717) is 13.2 Å². The minimum Gasteiger partial charge on any atom is -1.00 e. The van der Waals surface area contributed by atoms with Crippen molar-refractivity contribution in [2.45, 2.75) is 12.8 Å². The zero-order valence-electron chi connectivity index (χ0n) is 14.1. The van der Waals surface area contributed by atoms with Gasteiger partial charge in [-0.3, -0.25) is 14.1 Å². The van der Waals surface area contributed by atoms with Gasteiger partial charge in [-0.25, -0.2) is 0 Å². The summed E-state index contributed by atoms with van der Waals surface area (Å²) in [6.07, 6.45) is 2.27. The maximum atomic E-state index is 10.3. The van der Waals surface area contributed by atoms with Crippen LogP contribution in [0.4, 0.5) is 0 Å². The van der Waals surface area contributed by atoms with E-state index in [1.165, 1.54) is 0 Å². The number of hydrogen-bond donors (Lipinski definition) is 2. The van der Waals surface area contributed by atoms with Crippen molar-refractivity contribution in [1.82, 2.24) is 0 Å². The molecule has 0 aromatic heterocycles. The van der Waals surface area contributed by atoms with Crippen LogP contribution in [0.2, 0.25) is 0 Å². The van der Waals surface area contributed by atoms with Crippen LogP contribution < -0.4 is 59.1 Å². The molecule has 0 bridgehead atoms. The van der Waals surface area contributed by atoms with Crippen molar-refractivity contribution in [2.75, 3.05) is 13.2 Å².